The van der Waals surface area contributed by atoms with Crippen molar-refractivity contribution in [3.05, 3.63) is 89.4 Å². The summed E-state index contributed by atoms with van der Waals surface area (Å²) in [7, 11) is 1.56. The van der Waals surface area contributed by atoms with Crippen molar-refractivity contribution in [3.8, 4) is 11.5 Å². The summed E-state index contributed by atoms with van der Waals surface area (Å²) in [4.78, 5) is 27.4. The summed E-state index contributed by atoms with van der Waals surface area (Å²) in [5, 5.41) is 11.0. The molecule has 7 nitrogen and oxygen atoms in total. The second-order valence-electron chi connectivity index (χ2n) is 7.25. The molecule has 1 aliphatic heterocycles. The van der Waals surface area contributed by atoms with E-state index in [4.69, 9.17) is 13.9 Å². The normalized spacial score (nSPS) is 17.6. The Morgan fingerprint density at radius 3 is 2.50 bits per heavy atom. The molecule has 1 aliphatic rings. The molecule has 0 bridgehead atoms. The van der Waals surface area contributed by atoms with E-state index in [2.05, 4.69) is 0 Å². The topological polar surface area (TPSA) is 89.2 Å². The third-order valence-corrected chi connectivity index (χ3v) is 5.28. The fraction of sp³-hybridized carbons (Fsp3) is 0.200. The van der Waals surface area contributed by atoms with Gasteiger partial charge in [0.2, 0.25) is 0 Å². The van der Waals surface area contributed by atoms with Crippen LogP contribution in [0.2, 0.25) is 0 Å². The second kappa shape index (κ2) is 9.01. The molecule has 7 heteroatoms. The Kier molecular flexibility index (Phi) is 5.98. The summed E-state index contributed by atoms with van der Waals surface area (Å²) < 4.78 is 16.3. The predicted octanol–water partition coefficient (Wildman–Crippen LogP) is 4.31. The fourth-order valence-corrected chi connectivity index (χ4v) is 3.78. The fourth-order valence-electron chi connectivity index (χ4n) is 3.78. The van der Waals surface area contributed by atoms with E-state index < -0.39 is 17.7 Å². The molecule has 1 N–H and O–H groups in total. The van der Waals surface area contributed by atoms with E-state index in [1.54, 1.807) is 55.6 Å². The minimum atomic E-state index is -0.859. The average Bonchev–Trinajstić information content (AvgIpc) is 3.42. The molecule has 2 heterocycles. The van der Waals surface area contributed by atoms with Gasteiger partial charge in [0.15, 0.2) is 0 Å². The molecule has 0 aliphatic carbocycles. The molecule has 1 unspecified atom stereocenters. The molecular weight excluding hydrogens is 410 g/mol. The number of likely N-dealkylation sites (tertiary alicyclic amines) is 1. The first-order valence-corrected chi connectivity index (χ1v) is 10.2. The van der Waals surface area contributed by atoms with Gasteiger partial charge in [0.25, 0.3) is 11.7 Å². The molecular formula is C25H23NO6. The third-order valence-electron chi connectivity index (χ3n) is 5.28. The zero-order valence-corrected chi connectivity index (χ0v) is 17.8. The molecule has 1 atom stereocenters. The van der Waals surface area contributed by atoms with Crippen LogP contribution in [0.5, 0.6) is 11.5 Å². The van der Waals surface area contributed by atoms with Crippen LogP contribution in [0.1, 0.15) is 29.9 Å². The molecule has 1 saturated heterocycles. The van der Waals surface area contributed by atoms with Crippen molar-refractivity contribution in [1.29, 1.82) is 0 Å². The highest BCUT2D eigenvalue weighted by atomic mass is 16.5. The van der Waals surface area contributed by atoms with E-state index in [9.17, 15) is 14.7 Å². The molecule has 4 rings (SSSR count). The van der Waals surface area contributed by atoms with Gasteiger partial charge in [-0.3, -0.25) is 9.59 Å². The number of benzene rings is 2. The van der Waals surface area contributed by atoms with Crippen molar-refractivity contribution in [3.63, 3.8) is 0 Å². The quantitative estimate of drug-likeness (QED) is 0.339. The van der Waals surface area contributed by atoms with Crippen LogP contribution >= 0.6 is 0 Å². The minimum Gasteiger partial charge on any atom is -0.507 e. The second-order valence-corrected chi connectivity index (χ2v) is 7.25. The van der Waals surface area contributed by atoms with Crippen LogP contribution < -0.4 is 9.47 Å². The molecule has 1 aromatic heterocycles. The molecule has 0 saturated carbocycles. The van der Waals surface area contributed by atoms with Gasteiger partial charge in [-0.15, -0.1) is 0 Å². The number of methoxy groups -OCH3 is 1. The number of amides is 1. The summed E-state index contributed by atoms with van der Waals surface area (Å²) in [6.07, 6.45) is 1.47. The van der Waals surface area contributed by atoms with Crippen molar-refractivity contribution in [2.45, 2.75) is 19.5 Å². The van der Waals surface area contributed by atoms with Gasteiger partial charge in [-0.1, -0.05) is 12.1 Å². The number of ketones is 1. The number of aliphatic hydroxyl groups is 1. The van der Waals surface area contributed by atoms with Crippen LogP contribution in [0, 0.1) is 0 Å². The average molecular weight is 433 g/mol. The lowest BCUT2D eigenvalue weighted by atomic mass is 9.99. The zero-order valence-electron chi connectivity index (χ0n) is 17.8. The van der Waals surface area contributed by atoms with E-state index >= 15 is 0 Å². The maximum Gasteiger partial charge on any atom is 0.296 e. The highest BCUT2D eigenvalue weighted by Crippen LogP contribution is 2.40. The minimum absolute atomic E-state index is 0.0167. The smallest absolute Gasteiger partial charge is 0.296 e. The summed E-state index contributed by atoms with van der Waals surface area (Å²) in [5.74, 6) is -0.0592. The lowest BCUT2D eigenvalue weighted by Gasteiger charge is -2.23. The molecule has 0 spiro atoms. The van der Waals surface area contributed by atoms with E-state index in [0.29, 0.717) is 29.4 Å². The number of carbonyl (C=O) groups excluding carboxylic acids is 2. The van der Waals surface area contributed by atoms with Crippen molar-refractivity contribution in [1.82, 2.24) is 4.90 Å². The van der Waals surface area contributed by atoms with Gasteiger partial charge >= 0.3 is 0 Å². The number of hydrogen-bond acceptors (Lipinski definition) is 6. The Bertz CT molecular complexity index is 1150. The van der Waals surface area contributed by atoms with Gasteiger partial charge in [0.1, 0.15) is 29.1 Å². The first-order valence-electron chi connectivity index (χ1n) is 10.2. The summed E-state index contributed by atoms with van der Waals surface area (Å²) in [6, 6.07) is 16.4. The van der Waals surface area contributed by atoms with Gasteiger partial charge in [-0.25, -0.2) is 0 Å². The predicted molar refractivity (Wildman–Crippen MR) is 117 cm³/mol. The SMILES string of the molecule is CCOc1ccc(/C(O)=C2/C(=O)C(=O)N(Cc3cccc(OC)c3)C2c2ccco2)cc1. The monoisotopic (exact) mass is 433 g/mol. The maximum atomic E-state index is 13.0. The molecule has 3 aromatic rings. The maximum absolute atomic E-state index is 13.0. The lowest BCUT2D eigenvalue weighted by Crippen LogP contribution is -2.29. The van der Waals surface area contributed by atoms with Crippen LogP contribution in [0.25, 0.3) is 5.76 Å². The summed E-state index contributed by atoms with van der Waals surface area (Å²) in [6.45, 7) is 2.54. The van der Waals surface area contributed by atoms with E-state index in [1.807, 2.05) is 19.1 Å². The molecule has 0 radical (unpaired) electrons. The molecule has 32 heavy (non-hydrogen) atoms. The third kappa shape index (κ3) is 3.97. The van der Waals surface area contributed by atoms with E-state index in [0.717, 1.165) is 5.56 Å². The number of Topliss-reactive ketones (excluding diaryl/α,β-unsaturated/α-hetero) is 1. The first kappa shape index (κ1) is 21.2. The highest BCUT2D eigenvalue weighted by molar-refractivity contribution is 6.46. The lowest BCUT2D eigenvalue weighted by molar-refractivity contribution is -0.140. The Hall–Kier alpha value is -4.00. The molecule has 2 aromatic carbocycles. The van der Waals surface area contributed by atoms with Gasteiger partial charge in [-0.05, 0) is 61.0 Å². The van der Waals surface area contributed by atoms with Crippen molar-refractivity contribution in [2.75, 3.05) is 13.7 Å². The number of nitrogens with zero attached hydrogens (tertiary/aromatic N) is 1. The molecule has 1 fully saturated rings. The summed E-state index contributed by atoms with van der Waals surface area (Å²) in [5.41, 5.74) is 1.17. The van der Waals surface area contributed by atoms with Crippen LogP contribution in [0.4, 0.5) is 0 Å². The molecule has 1 amide bonds. The van der Waals surface area contributed by atoms with Gasteiger partial charge < -0.3 is 23.9 Å². The number of hydrogen-bond donors (Lipinski definition) is 1. The van der Waals surface area contributed by atoms with Gasteiger partial charge in [-0.2, -0.15) is 0 Å². The Labute approximate surface area is 185 Å². The van der Waals surface area contributed by atoms with Gasteiger partial charge in [0.05, 0.1) is 25.6 Å². The number of ether oxygens (including phenoxy) is 2. The van der Waals surface area contributed by atoms with Crippen LogP contribution in [0.15, 0.2) is 76.9 Å². The van der Waals surface area contributed by atoms with Crippen LogP contribution in [-0.2, 0) is 16.1 Å². The number of carbonyl (C=O) groups is 2. The Balaban J connectivity index is 1.76. The number of furan rings is 1. The van der Waals surface area contributed by atoms with Crippen LogP contribution in [0.3, 0.4) is 0 Å². The number of rotatable bonds is 7. The van der Waals surface area contributed by atoms with E-state index in [-0.39, 0.29) is 17.9 Å². The van der Waals surface area contributed by atoms with E-state index in [1.165, 1.54) is 11.2 Å². The van der Waals surface area contributed by atoms with Gasteiger partial charge in [0, 0.05) is 12.1 Å². The van der Waals surface area contributed by atoms with Crippen molar-refractivity contribution >= 4 is 17.4 Å². The highest BCUT2D eigenvalue weighted by Gasteiger charge is 2.47. The molecule has 164 valence electrons. The van der Waals surface area contributed by atoms with Crippen LogP contribution in [-0.4, -0.2) is 35.4 Å². The Morgan fingerprint density at radius 1 is 1.06 bits per heavy atom. The zero-order chi connectivity index (χ0) is 22.7. The first-order chi connectivity index (χ1) is 15.5. The standard InChI is InChI=1S/C25H23NO6/c1-3-31-18-11-9-17(10-12-18)23(27)21-22(20-8-5-13-32-20)26(25(29)24(21)28)15-16-6-4-7-19(14-16)30-2/h4-14,22,27H,3,15H2,1-2H3/b23-21-. The largest absolute Gasteiger partial charge is 0.507 e. The Morgan fingerprint density at radius 2 is 1.84 bits per heavy atom. The van der Waals surface area contributed by atoms with Crippen molar-refractivity contribution < 1.29 is 28.6 Å². The summed E-state index contributed by atoms with van der Waals surface area (Å²) >= 11 is 0. The van der Waals surface area contributed by atoms with Crippen molar-refractivity contribution in [2.24, 2.45) is 0 Å². The number of aliphatic hydroxyl groups excluding tert-OH is 1.